The summed E-state index contributed by atoms with van der Waals surface area (Å²) >= 11 is 0. The number of guanidine groups is 1. The minimum Gasteiger partial charge on any atom is -0.369 e. The van der Waals surface area contributed by atoms with Gasteiger partial charge in [-0.3, -0.25) is 5.32 Å². The predicted octanol–water partition coefficient (Wildman–Crippen LogP) is 0.806. The third-order valence-electron chi connectivity index (χ3n) is 1.77. The Morgan fingerprint density at radius 1 is 1.58 bits per heavy atom. The standard InChI is InChI=1S/C8H16N4/c1-6(8(2,3)4)12-7(10)11-5-9/h6H,1-4H3,(H3,10,11,12). The van der Waals surface area contributed by atoms with E-state index in [1.54, 1.807) is 6.19 Å². The second-order valence-corrected chi connectivity index (χ2v) is 3.79. The molecule has 0 aliphatic carbocycles. The van der Waals surface area contributed by atoms with Crippen LogP contribution in [0.15, 0.2) is 4.99 Å². The van der Waals surface area contributed by atoms with E-state index >= 15 is 0 Å². The number of aliphatic imine (C=N–C) groups is 1. The summed E-state index contributed by atoms with van der Waals surface area (Å²) in [6.07, 6.45) is 1.72. The average molecular weight is 168 g/mol. The summed E-state index contributed by atoms with van der Waals surface area (Å²) in [6, 6.07) is 0.0957. The minimum absolute atomic E-state index is 0.0712. The molecule has 0 aliphatic rings. The number of nitrogens with two attached hydrogens (primary N) is 1. The summed E-state index contributed by atoms with van der Waals surface area (Å²) < 4.78 is 0. The third kappa shape index (κ3) is 3.81. The molecule has 0 radical (unpaired) electrons. The third-order valence-corrected chi connectivity index (χ3v) is 1.77. The minimum atomic E-state index is 0.0712. The molecule has 1 atom stereocenters. The van der Waals surface area contributed by atoms with Crippen molar-refractivity contribution in [3.8, 4) is 6.19 Å². The number of hydrogen-bond donors (Lipinski definition) is 2. The largest absolute Gasteiger partial charge is 0.369 e. The van der Waals surface area contributed by atoms with Gasteiger partial charge in [0.25, 0.3) is 0 Å². The molecule has 68 valence electrons. The zero-order valence-electron chi connectivity index (χ0n) is 8.05. The highest BCUT2D eigenvalue weighted by Crippen LogP contribution is 2.21. The highest BCUT2D eigenvalue weighted by molar-refractivity contribution is 5.79. The Morgan fingerprint density at radius 2 is 2.08 bits per heavy atom. The lowest BCUT2D eigenvalue weighted by Crippen LogP contribution is -2.32. The zero-order valence-corrected chi connectivity index (χ0v) is 8.05. The lowest BCUT2D eigenvalue weighted by atomic mass is 9.89. The lowest BCUT2D eigenvalue weighted by molar-refractivity contribution is 0.341. The van der Waals surface area contributed by atoms with E-state index in [2.05, 4.69) is 31.1 Å². The summed E-state index contributed by atoms with van der Waals surface area (Å²) in [6.45, 7) is 8.17. The SMILES string of the molecule is CC(N=C(N)NC#N)C(C)(C)C. The highest BCUT2D eigenvalue weighted by Gasteiger charge is 2.19. The molecule has 0 fully saturated rings. The van der Waals surface area contributed by atoms with Crippen LogP contribution in [-0.2, 0) is 0 Å². The molecule has 0 heterocycles. The first-order valence-electron chi connectivity index (χ1n) is 3.86. The van der Waals surface area contributed by atoms with Gasteiger partial charge >= 0.3 is 0 Å². The van der Waals surface area contributed by atoms with Gasteiger partial charge in [0, 0.05) is 0 Å². The quantitative estimate of drug-likeness (QED) is 0.263. The van der Waals surface area contributed by atoms with Crippen molar-refractivity contribution in [2.24, 2.45) is 16.1 Å². The molecule has 0 saturated heterocycles. The molecule has 0 aromatic carbocycles. The Labute approximate surface area is 73.5 Å². The maximum absolute atomic E-state index is 8.23. The maximum atomic E-state index is 8.23. The molecule has 0 spiro atoms. The van der Waals surface area contributed by atoms with E-state index in [1.807, 2.05) is 6.92 Å². The van der Waals surface area contributed by atoms with Crippen LogP contribution < -0.4 is 11.1 Å². The molecule has 4 heteroatoms. The molecule has 0 rings (SSSR count). The van der Waals surface area contributed by atoms with E-state index in [0.29, 0.717) is 0 Å². The maximum Gasteiger partial charge on any atom is 0.202 e. The molecule has 0 saturated carbocycles. The fraction of sp³-hybridized carbons (Fsp3) is 0.750. The van der Waals surface area contributed by atoms with E-state index in [0.717, 1.165) is 0 Å². The molecule has 12 heavy (non-hydrogen) atoms. The monoisotopic (exact) mass is 168 g/mol. The summed E-state index contributed by atoms with van der Waals surface area (Å²) in [5.74, 6) is 0.180. The van der Waals surface area contributed by atoms with Gasteiger partial charge in [-0.25, -0.2) is 4.99 Å². The second kappa shape index (κ2) is 3.96. The van der Waals surface area contributed by atoms with E-state index in [-0.39, 0.29) is 17.4 Å². The van der Waals surface area contributed by atoms with Crippen LogP contribution in [0.5, 0.6) is 0 Å². The Hall–Kier alpha value is -1.24. The van der Waals surface area contributed by atoms with Crippen LogP contribution in [0.3, 0.4) is 0 Å². The van der Waals surface area contributed by atoms with Gasteiger partial charge in [-0.2, -0.15) is 5.26 Å². The number of nitrogens with one attached hydrogen (secondary N) is 1. The van der Waals surface area contributed by atoms with E-state index in [1.165, 1.54) is 0 Å². The van der Waals surface area contributed by atoms with Crippen molar-refractivity contribution < 1.29 is 0 Å². The molecule has 0 aromatic heterocycles. The van der Waals surface area contributed by atoms with Crippen LogP contribution in [-0.4, -0.2) is 12.0 Å². The zero-order chi connectivity index (χ0) is 9.78. The smallest absolute Gasteiger partial charge is 0.202 e. The fourth-order valence-electron chi connectivity index (χ4n) is 0.492. The van der Waals surface area contributed by atoms with Gasteiger partial charge in [0.2, 0.25) is 5.96 Å². The van der Waals surface area contributed by atoms with Crippen molar-refractivity contribution in [2.75, 3.05) is 0 Å². The van der Waals surface area contributed by atoms with Crippen molar-refractivity contribution in [1.29, 1.82) is 5.26 Å². The van der Waals surface area contributed by atoms with Gasteiger partial charge in [-0.15, -0.1) is 0 Å². The number of nitriles is 1. The molecular formula is C8H16N4. The van der Waals surface area contributed by atoms with E-state index in [9.17, 15) is 0 Å². The first-order valence-corrected chi connectivity index (χ1v) is 3.86. The van der Waals surface area contributed by atoms with E-state index in [4.69, 9.17) is 11.0 Å². The fourth-order valence-corrected chi connectivity index (χ4v) is 0.492. The molecule has 0 aliphatic heterocycles. The molecule has 0 amide bonds. The van der Waals surface area contributed by atoms with Crippen LogP contribution in [0.4, 0.5) is 0 Å². The van der Waals surface area contributed by atoms with E-state index < -0.39 is 0 Å². The van der Waals surface area contributed by atoms with Crippen LogP contribution in [0.2, 0.25) is 0 Å². The summed E-state index contributed by atoms with van der Waals surface area (Å²) in [4.78, 5) is 4.10. The molecule has 1 unspecified atom stereocenters. The second-order valence-electron chi connectivity index (χ2n) is 3.79. The molecule has 3 N–H and O–H groups in total. The van der Waals surface area contributed by atoms with Crippen molar-refractivity contribution in [3.63, 3.8) is 0 Å². The predicted molar refractivity (Wildman–Crippen MR) is 49.3 cm³/mol. The molecule has 0 aromatic rings. The van der Waals surface area contributed by atoms with Gasteiger partial charge in [0.1, 0.15) is 0 Å². The first-order chi connectivity index (χ1) is 5.38. The number of hydrogen-bond acceptors (Lipinski definition) is 2. The summed E-state index contributed by atoms with van der Waals surface area (Å²) in [5.41, 5.74) is 5.47. The lowest BCUT2D eigenvalue weighted by Gasteiger charge is -2.23. The number of rotatable bonds is 1. The van der Waals surface area contributed by atoms with Gasteiger partial charge in [-0.05, 0) is 12.3 Å². The van der Waals surface area contributed by atoms with Crippen molar-refractivity contribution in [3.05, 3.63) is 0 Å². The van der Waals surface area contributed by atoms with Crippen LogP contribution in [0, 0.1) is 16.9 Å². The molecule has 4 nitrogen and oxygen atoms in total. The van der Waals surface area contributed by atoms with Crippen molar-refractivity contribution in [1.82, 2.24) is 5.32 Å². The Morgan fingerprint density at radius 3 is 2.42 bits per heavy atom. The van der Waals surface area contributed by atoms with Crippen LogP contribution >= 0.6 is 0 Å². The number of nitrogens with zero attached hydrogens (tertiary/aromatic N) is 2. The Bertz CT molecular complexity index is 206. The van der Waals surface area contributed by atoms with Crippen LogP contribution in [0.25, 0.3) is 0 Å². The Balaban J connectivity index is 4.26. The normalized spacial score (nSPS) is 15.1. The van der Waals surface area contributed by atoms with Gasteiger partial charge in [0.05, 0.1) is 6.04 Å². The van der Waals surface area contributed by atoms with Crippen molar-refractivity contribution >= 4 is 5.96 Å². The molecular weight excluding hydrogens is 152 g/mol. The van der Waals surface area contributed by atoms with Gasteiger partial charge in [0.15, 0.2) is 6.19 Å². The highest BCUT2D eigenvalue weighted by atomic mass is 15.1. The summed E-state index contributed by atoms with van der Waals surface area (Å²) in [5, 5.41) is 10.5. The van der Waals surface area contributed by atoms with Gasteiger partial charge < -0.3 is 5.73 Å². The molecule has 0 bridgehead atoms. The van der Waals surface area contributed by atoms with Gasteiger partial charge in [-0.1, -0.05) is 20.8 Å². The van der Waals surface area contributed by atoms with Crippen LogP contribution in [0.1, 0.15) is 27.7 Å². The Kier molecular flexibility index (Phi) is 3.55. The first kappa shape index (κ1) is 10.8. The average Bonchev–Trinajstić information content (AvgIpc) is 1.85. The topological polar surface area (TPSA) is 74.2 Å². The summed E-state index contributed by atoms with van der Waals surface area (Å²) in [7, 11) is 0. The van der Waals surface area contributed by atoms with Crippen molar-refractivity contribution in [2.45, 2.75) is 33.7 Å².